The minimum absolute atomic E-state index is 0. The zero-order valence-electron chi connectivity index (χ0n) is 13.6. The molecule has 0 heterocycles. The SMILES string of the molecule is CCCCCCCCCCCCCCCC(=O)OC.Cl. The average molecular weight is 307 g/mol. The summed E-state index contributed by atoms with van der Waals surface area (Å²) in [6, 6.07) is 0. The Kier molecular flexibility index (Phi) is 20.7. The van der Waals surface area contributed by atoms with Crippen molar-refractivity contribution in [3.05, 3.63) is 0 Å². The first-order valence-electron chi connectivity index (χ1n) is 8.38. The van der Waals surface area contributed by atoms with Crippen LogP contribution >= 0.6 is 12.4 Å². The van der Waals surface area contributed by atoms with E-state index in [1.807, 2.05) is 0 Å². The van der Waals surface area contributed by atoms with Gasteiger partial charge in [-0.05, 0) is 6.42 Å². The van der Waals surface area contributed by atoms with Crippen molar-refractivity contribution >= 4 is 18.4 Å². The van der Waals surface area contributed by atoms with Crippen molar-refractivity contribution in [2.24, 2.45) is 0 Å². The highest BCUT2D eigenvalue weighted by molar-refractivity contribution is 5.85. The van der Waals surface area contributed by atoms with E-state index < -0.39 is 0 Å². The van der Waals surface area contributed by atoms with Gasteiger partial charge in [-0.1, -0.05) is 84.0 Å². The molecule has 0 bridgehead atoms. The van der Waals surface area contributed by atoms with Gasteiger partial charge >= 0.3 is 5.97 Å². The van der Waals surface area contributed by atoms with Crippen LogP contribution in [0.3, 0.4) is 0 Å². The summed E-state index contributed by atoms with van der Waals surface area (Å²) in [5.41, 5.74) is 0. The van der Waals surface area contributed by atoms with E-state index in [-0.39, 0.29) is 18.4 Å². The standard InChI is InChI=1S/C17H34O2.ClH/c1-3-4-5-6-7-8-9-10-11-12-13-14-15-16-17(18)19-2;/h3-16H2,1-2H3;1H. The van der Waals surface area contributed by atoms with Gasteiger partial charge in [-0.25, -0.2) is 0 Å². The predicted octanol–water partition coefficient (Wildman–Crippen LogP) is 6.06. The molecule has 0 atom stereocenters. The van der Waals surface area contributed by atoms with Crippen LogP contribution < -0.4 is 0 Å². The largest absolute Gasteiger partial charge is 0.469 e. The molecule has 0 spiro atoms. The number of methoxy groups -OCH3 is 1. The number of hydrogen-bond donors (Lipinski definition) is 0. The van der Waals surface area contributed by atoms with E-state index in [4.69, 9.17) is 0 Å². The predicted molar refractivity (Wildman–Crippen MR) is 89.6 cm³/mol. The van der Waals surface area contributed by atoms with E-state index in [0.717, 1.165) is 6.42 Å². The number of halogens is 1. The van der Waals surface area contributed by atoms with Gasteiger partial charge in [0.15, 0.2) is 0 Å². The van der Waals surface area contributed by atoms with Crippen molar-refractivity contribution in [2.45, 2.75) is 96.8 Å². The van der Waals surface area contributed by atoms with Gasteiger partial charge in [0.1, 0.15) is 0 Å². The van der Waals surface area contributed by atoms with Gasteiger partial charge in [-0.3, -0.25) is 4.79 Å². The molecule has 0 aliphatic carbocycles. The molecule has 0 saturated carbocycles. The number of esters is 1. The van der Waals surface area contributed by atoms with E-state index in [1.54, 1.807) is 0 Å². The lowest BCUT2D eigenvalue weighted by molar-refractivity contribution is -0.140. The monoisotopic (exact) mass is 306 g/mol. The van der Waals surface area contributed by atoms with Crippen LogP contribution in [0.5, 0.6) is 0 Å². The number of unbranched alkanes of at least 4 members (excludes halogenated alkanes) is 12. The van der Waals surface area contributed by atoms with Crippen LogP contribution in [-0.4, -0.2) is 13.1 Å². The van der Waals surface area contributed by atoms with Gasteiger partial charge in [-0.2, -0.15) is 0 Å². The fourth-order valence-electron chi connectivity index (χ4n) is 2.39. The van der Waals surface area contributed by atoms with Gasteiger partial charge in [0.2, 0.25) is 0 Å². The molecule has 0 amide bonds. The smallest absolute Gasteiger partial charge is 0.305 e. The summed E-state index contributed by atoms with van der Waals surface area (Å²) in [6.45, 7) is 2.27. The van der Waals surface area contributed by atoms with Crippen LogP contribution in [-0.2, 0) is 9.53 Å². The lowest BCUT2D eigenvalue weighted by Crippen LogP contribution is -1.99. The van der Waals surface area contributed by atoms with E-state index >= 15 is 0 Å². The van der Waals surface area contributed by atoms with Crippen molar-refractivity contribution in [2.75, 3.05) is 7.11 Å². The molecule has 20 heavy (non-hydrogen) atoms. The third-order valence-electron chi connectivity index (χ3n) is 3.71. The summed E-state index contributed by atoms with van der Waals surface area (Å²) in [5, 5.41) is 0. The summed E-state index contributed by atoms with van der Waals surface area (Å²) >= 11 is 0. The molecule has 0 radical (unpaired) electrons. The molecule has 0 aliphatic heterocycles. The number of hydrogen-bond acceptors (Lipinski definition) is 2. The van der Waals surface area contributed by atoms with Gasteiger partial charge in [-0.15, -0.1) is 12.4 Å². The molecule has 0 rings (SSSR count). The lowest BCUT2D eigenvalue weighted by atomic mass is 10.0. The Morgan fingerprint density at radius 3 is 1.40 bits per heavy atom. The van der Waals surface area contributed by atoms with Gasteiger partial charge in [0.05, 0.1) is 7.11 Å². The minimum Gasteiger partial charge on any atom is -0.469 e. The Bertz CT molecular complexity index is 195. The quantitative estimate of drug-likeness (QED) is 0.288. The third-order valence-corrected chi connectivity index (χ3v) is 3.71. The zero-order chi connectivity index (χ0) is 14.2. The van der Waals surface area contributed by atoms with Crippen molar-refractivity contribution in [1.29, 1.82) is 0 Å². The molecule has 0 aromatic heterocycles. The Hall–Kier alpha value is -0.240. The molecule has 122 valence electrons. The topological polar surface area (TPSA) is 26.3 Å². The van der Waals surface area contributed by atoms with Gasteiger partial charge in [0.25, 0.3) is 0 Å². The van der Waals surface area contributed by atoms with Crippen LogP contribution in [0.25, 0.3) is 0 Å². The molecule has 0 unspecified atom stereocenters. The summed E-state index contributed by atoms with van der Waals surface area (Å²) in [5.74, 6) is -0.0666. The molecule has 2 nitrogen and oxygen atoms in total. The Morgan fingerprint density at radius 1 is 0.700 bits per heavy atom. The zero-order valence-corrected chi connectivity index (χ0v) is 14.4. The molecule has 0 N–H and O–H groups in total. The summed E-state index contributed by atoms with van der Waals surface area (Å²) in [4.78, 5) is 10.9. The van der Waals surface area contributed by atoms with Crippen molar-refractivity contribution in [3.8, 4) is 0 Å². The molecule has 0 aromatic carbocycles. The van der Waals surface area contributed by atoms with Crippen LogP contribution in [0, 0.1) is 0 Å². The van der Waals surface area contributed by atoms with Crippen molar-refractivity contribution < 1.29 is 9.53 Å². The van der Waals surface area contributed by atoms with Crippen LogP contribution in [0.1, 0.15) is 96.8 Å². The first kappa shape index (κ1) is 22.0. The number of ether oxygens (including phenoxy) is 1. The van der Waals surface area contributed by atoms with Gasteiger partial charge in [0, 0.05) is 6.42 Å². The Balaban J connectivity index is 0. The van der Waals surface area contributed by atoms with Crippen LogP contribution in [0.15, 0.2) is 0 Å². The number of carbonyl (C=O) groups is 1. The molecular formula is C17H35ClO2. The Labute approximate surface area is 132 Å². The summed E-state index contributed by atoms with van der Waals surface area (Å²) < 4.78 is 4.62. The van der Waals surface area contributed by atoms with E-state index in [0.29, 0.717) is 6.42 Å². The maximum Gasteiger partial charge on any atom is 0.305 e. The minimum atomic E-state index is -0.0666. The van der Waals surface area contributed by atoms with Gasteiger partial charge < -0.3 is 4.74 Å². The van der Waals surface area contributed by atoms with E-state index in [2.05, 4.69) is 11.7 Å². The fraction of sp³-hybridized carbons (Fsp3) is 0.941. The molecule has 0 aliphatic rings. The number of carbonyl (C=O) groups excluding carboxylic acids is 1. The highest BCUT2D eigenvalue weighted by atomic mass is 35.5. The second-order valence-corrected chi connectivity index (χ2v) is 5.57. The first-order valence-corrected chi connectivity index (χ1v) is 8.38. The fourth-order valence-corrected chi connectivity index (χ4v) is 2.39. The Morgan fingerprint density at radius 2 is 1.05 bits per heavy atom. The second-order valence-electron chi connectivity index (χ2n) is 5.57. The van der Waals surface area contributed by atoms with Crippen LogP contribution in [0.4, 0.5) is 0 Å². The summed E-state index contributed by atoms with van der Waals surface area (Å²) in [6.07, 6.45) is 18.0. The third kappa shape index (κ3) is 17.8. The molecule has 0 aromatic rings. The second kappa shape index (κ2) is 18.8. The molecular weight excluding hydrogens is 272 g/mol. The molecule has 3 heteroatoms. The average Bonchev–Trinajstić information content (AvgIpc) is 2.43. The first-order chi connectivity index (χ1) is 9.31. The van der Waals surface area contributed by atoms with E-state index in [9.17, 15) is 4.79 Å². The molecule has 0 saturated heterocycles. The molecule has 0 fully saturated rings. The highest BCUT2D eigenvalue weighted by Gasteiger charge is 1.99. The van der Waals surface area contributed by atoms with Crippen molar-refractivity contribution in [1.82, 2.24) is 0 Å². The maximum atomic E-state index is 10.9. The number of rotatable bonds is 14. The maximum absolute atomic E-state index is 10.9. The van der Waals surface area contributed by atoms with Crippen molar-refractivity contribution in [3.63, 3.8) is 0 Å². The van der Waals surface area contributed by atoms with Crippen LogP contribution in [0.2, 0.25) is 0 Å². The van der Waals surface area contributed by atoms with E-state index in [1.165, 1.54) is 84.2 Å². The summed E-state index contributed by atoms with van der Waals surface area (Å²) in [7, 11) is 1.46. The lowest BCUT2D eigenvalue weighted by Gasteiger charge is -2.03. The highest BCUT2D eigenvalue weighted by Crippen LogP contribution is 2.12. The normalized spacial score (nSPS) is 10.1.